The molecule has 0 bridgehead atoms. The zero-order chi connectivity index (χ0) is 13.5. The summed E-state index contributed by atoms with van der Waals surface area (Å²) in [6.07, 6.45) is 0. The number of aromatic carboxylic acids is 1. The smallest absolute Gasteiger partial charge is 0.354 e. The van der Waals surface area contributed by atoms with Gasteiger partial charge >= 0.3 is 5.97 Å². The van der Waals surface area contributed by atoms with Crippen molar-refractivity contribution < 1.29 is 19.4 Å². The van der Waals surface area contributed by atoms with Crippen molar-refractivity contribution in [3.05, 3.63) is 23.5 Å². The Labute approximate surface area is 104 Å². The van der Waals surface area contributed by atoms with Crippen molar-refractivity contribution in [2.45, 2.75) is 6.92 Å². The fourth-order valence-corrected chi connectivity index (χ4v) is 1.15. The van der Waals surface area contributed by atoms with Crippen LogP contribution in [0.3, 0.4) is 0 Å². The summed E-state index contributed by atoms with van der Waals surface area (Å²) in [6, 6.07) is 2.60. The van der Waals surface area contributed by atoms with Crippen molar-refractivity contribution in [2.24, 2.45) is 0 Å². The van der Waals surface area contributed by atoms with Crippen molar-refractivity contribution in [2.75, 3.05) is 13.7 Å². The van der Waals surface area contributed by atoms with Gasteiger partial charge in [0.25, 0.3) is 5.91 Å². The molecule has 18 heavy (non-hydrogen) atoms. The van der Waals surface area contributed by atoms with E-state index in [1.54, 1.807) is 6.92 Å². The summed E-state index contributed by atoms with van der Waals surface area (Å²) in [7, 11) is 1.38. The second-order valence-electron chi connectivity index (χ2n) is 3.19. The van der Waals surface area contributed by atoms with Crippen LogP contribution in [-0.4, -0.2) is 35.6 Å². The average molecular weight is 248 g/mol. The van der Waals surface area contributed by atoms with Crippen LogP contribution >= 0.6 is 0 Å². The van der Waals surface area contributed by atoms with Gasteiger partial charge in [-0.2, -0.15) is 0 Å². The van der Waals surface area contributed by atoms with Crippen molar-refractivity contribution in [1.82, 2.24) is 10.3 Å². The number of nitrogens with one attached hydrogen (secondary N) is 1. The van der Waals surface area contributed by atoms with Crippen molar-refractivity contribution >= 4 is 11.9 Å². The number of hydrogen-bond donors (Lipinski definition) is 2. The Hall–Kier alpha value is -2.55. The minimum absolute atomic E-state index is 0.0235. The molecule has 1 aromatic rings. The van der Waals surface area contributed by atoms with E-state index in [1.165, 1.54) is 19.2 Å². The van der Waals surface area contributed by atoms with Crippen molar-refractivity contribution in [3.8, 4) is 17.6 Å². The van der Waals surface area contributed by atoms with Gasteiger partial charge in [-0.15, -0.1) is 5.92 Å². The minimum Gasteiger partial charge on any atom is -0.497 e. The maximum atomic E-state index is 11.7. The lowest BCUT2D eigenvalue weighted by Crippen LogP contribution is -2.25. The Balaban J connectivity index is 2.99. The monoisotopic (exact) mass is 248 g/mol. The summed E-state index contributed by atoms with van der Waals surface area (Å²) in [4.78, 5) is 26.2. The van der Waals surface area contributed by atoms with Gasteiger partial charge in [0.05, 0.1) is 13.7 Å². The van der Waals surface area contributed by atoms with Crippen LogP contribution in [0.1, 0.15) is 27.9 Å². The number of hydrogen-bond acceptors (Lipinski definition) is 4. The third-order valence-corrected chi connectivity index (χ3v) is 2.00. The average Bonchev–Trinajstić information content (AvgIpc) is 2.38. The first-order valence-electron chi connectivity index (χ1n) is 5.05. The molecule has 0 unspecified atom stereocenters. The number of rotatable bonds is 4. The van der Waals surface area contributed by atoms with Gasteiger partial charge in [0.2, 0.25) is 0 Å². The highest BCUT2D eigenvalue weighted by atomic mass is 16.5. The molecule has 6 heteroatoms. The molecule has 0 atom stereocenters. The van der Waals surface area contributed by atoms with Gasteiger partial charge in [0.1, 0.15) is 11.4 Å². The molecule has 0 spiro atoms. The lowest BCUT2D eigenvalue weighted by atomic mass is 10.2. The van der Waals surface area contributed by atoms with Crippen LogP contribution in [0.5, 0.6) is 5.75 Å². The summed E-state index contributed by atoms with van der Waals surface area (Å²) < 4.78 is 4.91. The Morgan fingerprint density at radius 3 is 2.67 bits per heavy atom. The third-order valence-electron chi connectivity index (χ3n) is 2.00. The molecule has 1 aromatic heterocycles. The molecule has 0 aliphatic carbocycles. The van der Waals surface area contributed by atoms with Crippen LogP contribution < -0.4 is 10.1 Å². The Bertz CT molecular complexity index is 529. The number of carboxylic acids is 1. The number of methoxy groups -OCH3 is 1. The number of amides is 1. The Kier molecular flexibility index (Phi) is 4.69. The van der Waals surface area contributed by atoms with Crippen LogP contribution in [-0.2, 0) is 0 Å². The van der Waals surface area contributed by atoms with E-state index in [0.29, 0.717) is 0 Å². The number of carboxylic acid groups (broad SMARTS) is 1. The molecule has 6 nitrogen and oxygen atoms in total. The molecule has 0 radical (unpaired) electrons. The number of ether oxygens (including phenoxy) is 1. The zero-order valence-electron chi connectivity index (χ0n) is 9.98. The number of aromatic nitrogens is 1. The van der Waals surface area contributed by atoms with Crippen LogP contribution in [0.25, 0.3) is 0 Å². The van der Waals surface area contributed by atoms with Crippen molar-refractivity contribution in [1.29, 1.82) is 0 Å². The molecule has 0 fully saturated rings. The summed E-state index contributed by atoms with van der Waals surface area (Å²) in [5.41, 5.74) is -0.272. The highest BCUT2D eigenvalue weighted by Crippen LogP contribution is 2.13. The number of carbonyl (C=O) groups excluding carboxylic acids is 1. The van der Waals surface area contributed by atoms with Crippen LogP contribution in [0, 0.1) is 11.8 Å². The van der Waals surface area contributed by atoms with Crippen LogP contribution in [0.15, 0.2) is 12.1 Å². The van der Waals surface area contributed by atoms with E-state index in [1.807, 2.05) is 0 Å². The van der Waals surface area contributed by atoms with Gasteiger partial charge in [-0.25, -0.2) is 9.78 Å². The maximum Gasteiger partial charge on any atom is 0.354 e. The molecule has 2 N–H and O–H groups in total. The summed E-state index contributed by atoms with van der Waals surface area (Å²) in [5, 5.41) is 11.3. The fraction of sp³-hybridized carbons (Fsp3) is 0.250. The van der Waals surface area contributed by atoms with E-state index in [-0.39, 0.29) is 23.7 Å². The molecular weight excluding hydrogens is 236 g/mol. The molecule has 0 aliphatic rings. The van der Waals surface area contributed by atoms with Gasteiger partial charge in [-0.1, -0.05) is 5.92 Å². The largest absolute Gasteiger partial charge is 0.497 e. The van der Waals surface area contributed by atoms with Crippen LogP contribution in [0.4, 0.5) is 0 Å². The van der Waals surface area contributed by atoms with E-state index in [2.05, 4.69) is 22.1 Å². The molecule has 1 rings (SSSR count). The maximum absolute atomic E-state index is 11.7. The predicted octanol–water partition coefficient (Wildman–Crippen LogP) is 0.542. The normalized spacial score (nSPS) is 9.00. The first-order chi connectivity index (χ1) is 8.58. The molecule has 0 aromatic carbocycles. The third kappa shape index (κ3) is 3.49. The van der Waals surface area contributed by atoms with Crippen LogP contribution in [0.2, 0.25) is 0 Å². The second kappa shape index (κ2) is 6.25. The van der Waals surface area contributed by atoms with Gasteiger partial charge in [0, 0.05) is 12.1 Å². The molecular formula is C12H12N2O4. The molecule has 1 heterocycles. The van der Waals surface area contributed by atoms with Gasteiger partial charge < -0.3 is 15.2 Å². The fourth-order valence-electron chi connectivity index (χ4n) is 1.15. The van der Waals surface area contributed by atoms with Crippen molar-refractivity contribution in [3.63, 3.8) is 0 Å². The number of carbonyl (C=O) groups is 2. The van der Waals surface area contributed by atoms with Gasteiger partial charge in [-0.05, 0) is 6.92 Å². The number of nitrogens with zero attached hydrogens (tertiary/aromatic N) is 1. The summed E-state index contributed by atoms with van der Waals surface area (Å²) in [6.45, 7) is 1.83. The standard InChI is InChI=1S/C12H12N2O4/c1-3-4-5-13-11(15)9-6-8(18-2)7-10(14-9)12(16)17/h6-7H,5H2,1-2H3,(H,13,15)(H,16,17). The van der Waals surface area contributed by atoms with E-state index in [9.17, 15) is 9.59 Å². The highest BCUT2D eigenvalue weighted by molar-refractivity contribution is 5.94. The molecule has 94 valence electrons. The van der Waals surface area contributed by atoms with Gasteiger partial charge in [0.15, 0.2) is 5.69 Å². The lowest BCUT2D eigenvalue weighted by Gasteiger charge is -2.05. The molecule has 0 saturated carbocycles. The first-order valence-corrected chi connectivity index (χ1v) is 5.05. The first kappa shape index (κ1) is 13.5. The highest BCUT2D eigenvalue weighted by Gasteiger charge is 2.13. The quantitative estimate of drug-likeness (QED) is 0.759. The minimum atomic E-state index is -1.23. The molecule has 0 saturated heterocycles. The van der Waals surface area contributed by atoms with E-state index in [0.717, 1.165) is 0 Å². The Morgan fingerprint density at radius 1 is 1.44 bits per heavy atom. The summed E-state index contributed by atoms with van der Waals surface area (Å²) >= 11 is 0. The van der Waals surface area contributed by atoms with Gasteiger partial charge in [-0.3, -0.25) is 4.79 Å². The topological polar surface area (TPSA) is 88.5 Å². The predicted molar refractivity (Wildman–Crippen MR) is 63.5 cm³/mol. The lowest BCUT2D eigenvalue weighted by molar-refractivity contribution is 0.0690. The zero-order valence-corrected chi connectivity index (χ0v) is 9.98. The number of pyridine rings is 1. The second-order valence-corrected chi connectivity index (χ2v) is 3.19. The van der Waals surface area contributed by atoms with E-state index < -0.39 is 11.9 Å². The summed E-state index contributed by atoms with van der Waals surface area (Å²) in [5.74, 6) is 3.81. The van der Waals surface area contributed by atoms with E-state index in [4.69, 9.17) is 9.84 Å². The molecule has 0 aliphatic heterocycles. The molecule has 1 amide bonds. The van der Waals surface area contributed by atoms with E-state index >= 15 is 0 Å². The Morgan fingerprint density at radius 2 is 2.11 bits per heavy atom. The SMILES string of the molecule is CC#CCNC(=O)c1cc(OC)cc(C(=O)O)n1.